The molecule has 4 heteroatoms. The van der Waals surface area contributed by atoms with Crippen molar-refractivity contribution in [3.05, 3.63) is 41.5 Å². The summed E-state index contributed by atoms with van der Waals surface area (Å²) in [5, 5.41) is 18.8. The Hall–Kier alpha value is -2.23. The lowest BCUT2D eigenvalue weighted by Gasteiger charge is -2.15. The van der Waals surface area contributed by atoms with Gasteiger partial charge in [-0.1, -0.05) is 84.3 Å². The lowest BCUT2D eigenvalue weighted by atomic mass is 9.91. The van der Waals surface area contributed by atoms with E-state index >= 15 is 0 Å². The summed E-state index contributed by atoms with van der Waals surface area (Å²) in [7, 11) is 0. The summed E-state index contributed by atoms with van der Waals surface area (Å²) in [5.41, 5.74) is 1.87. The Balaban J connectivity index is 2.15. The predicted molar refractivity (Wildman–Crippen MR) is 138 cm³/mol. The highest BCUT2D eigenvalue weighted by Gasteiger charge is 2.07. The molecule has 0 amide bonds. The summed E-state index contributed by atoms with van der Waals surface area (Å²) in [6, 6.07) is 4.37. The Morgan fingerprint density at radius 1 is 0.909 bits per heavy atom. The Kier molecular flexibility index (Phi) is 14.3. The molecule has 33 heavy (non-hydrogen) atoms. The number of carbonyl (C=O) groups is 1. The summed E-state index contributed by atoms with van der Waals surface area (Å²) in [4.78, 5) is 11.8. The van der Waals surface area contributed by atoms with Crippen molar-refractivity contribution >= 4 is 12.0 Å². The van der Waals surface area contributed by atoms with Gasteiger partial charge < -0.3 is 14.9 Å². The van der Waals surface area contributed by atoms with Gasteiger partial charge in [-0.2, -0.15) is 0 Å². The second-order valence-corrected chi connectivity index (χ2v) is 10.1. The molecule has 1 aromatic carbocycles. The van der Waals surface area contributed by atoms with Gasteiger partial charge in [0.05, 0.1) is 0 Å². The number of aromatic hydroxyl groups is 2. The Labute approximate surface area is 201 Å². The number of rotatable bonds is 16. The van der Waals surface area contributed by atoms with Crippen molar-refractivity contribution < 1.29 is 19.7 Å². The van der Waals surface area contributed by atoms with Gasteiger partial charge in [0.1, 0.15) is 6.61 Å². The SMILES string of the molecule is CC(=CCOC(=O)C=Cc1ccc(O)c(O)c1)CCCC(C)CCCC(C)CCCC(C)C. The lowest BCUT2D eigenvalue weighted by Crippen LogP contribution is -2.01. The number of hydrogen-bond donors (Lipinski definition) is 2. The van der Waals surface area contributed by atoms with Crippen LogP contribution in [0.3, 0.4) is 0 Å². The number of benzene rings is 1. The molecule has 0 spiro atoms. The molecular weight excluding hydrogens is 412 g/mol. The van der Waals surface area contributed by atoms with Gasteiger partial charge in [0.15, 0.2) is 11.5 Å². The summed E-state index contributed by atoms with van der Waals surface area (Å²) < 4.78 is 5.22. The molecule has 186 valence electrons. The molecule has 0 fully saturated rings. The maximum Gasteiger partial charge on any atom is 0.331 e. The normalized spacial score (nSPS) is 14.1. The third-order valence-electron chi connectivity index (χ3n) is 6.21. The summed E-state index contributed by atoms with van der Waals surface area (Å²) in [6.07, 6.45) is 16.4. The molecule has 0 aromatic heterocycles. The highest BCUT2D eigenvalue weighted by molar-refractivity contribution is 5.87. The molecule has 0 radical (unpaired) electrons. The van der Waals surface area contributed by atoms with Gasteiger partial charge in [0.2, 0.25) is 0 Å². The van der Waals surface area contributed by atoms with Crippen molar-refractivity contribution in [2.24, 2.45) is 17.8 Å². The molecule has 2 atom stereocenters. The Morgan fingerprint density at radius 2 is 1.52 bits per heavy atom. The molecular formula is C29H46O4. The minimum Gasteiger partial charge on any atom is -0.504 e. The maximum atomic E-state index is 11.8. The van der Waals surface area contributed by atoms with E-state index in [2.05, 4.69) is 34.6 Å². The highest BCUT2D eigenvalue weighted by Crippen LogP contribution is 2.25. The average Bonchev–Trinajstić information content (AvgIpc) is 2.74. The summed E-state index contributed by atoms with van der Waals surface area (Å²) in [5.74, 6) is 1.61. The van der Waals surface area contributed by atoms with Gasteiger partial charge in [-0.15, -0.1) is 0 Å². The van der Waals surface area contributed by atoms with E-state index in [9.17, 15) is 15.0 Å². The van der Waals surface area contributed by atoms with E-state index in [1.807, 2.05) is 6.08 Å². The van der Waals surface area contributed by atoms with Crippen molar-refractivity contribution in [2.45, 2.75) is 92.4 Å². The fraction of sp³-hybridized carbons (Fsp3) is 0.621. The van der Waals surface area contributed by atoms with Crippen LogP contribution >= 0.6 is 0 Å². The van der Waals surface area contributed by atoms with Crippen molar-refractivity contribution in [2.75, 3.05) is 6.61 Å². The van der Waals surface area contributed by atoms with Crippen molar-refractivity contribution in [1.82, 2.24) is 0 Å². The minimum atomic E-state index is -0.432. The van der Waals surface area contributed by atoms with E-state index < -0.39 is 5.97 Å². The van der Waals surface area contributed by atoms with Crippen LogP contribution in [0, 0.1) is 17.8 Å². The second-order valence-electron chi connectivity index (χ2n) is 10.1. The van der Waals surface area contributed by atoms with E-state index in [0.29, 0.717) is 5.56 Å². The number of phenols is 2. The second kappa shape index (κ2) is 16.4. The average molecular weight is 459 g/mol. The first-order chi connectivity index (χ1) is 15.7. The summed E-state index contributed by atoms with van der Waals surface area (Å²) in [6.45, 7) is 11.7. The molecule has 0 aliphatic carbocycles. The maximum absolute atomic E-state index is 11.8. The van der Waals surface area contributed by atoms with Crippen LogP contribution in [0.25, 0.3) is 6.08 Å². The van der Waals surface area contributed by atoms with E-state index in [1.165, 1.54) is 75.1 Å². The van der Waals surface area contributed by atoms with Crippen LogP contribution in [0.15, 0.2) is 35.9 Å². The molecule has 1 aromatic rings. The molecule has 2 unspecified atom stereocenters. The monoisotopic (exact) mass is 458 g/mol. The topological polar surface area (TPSA) is 66.8 Å². The number of esters is 1. The number of carbonyl (C=O) groups excluding carboxylic acids is 1. The molecule has 1 rings (SSSR count). The van der Waals surface area contributed by atoms with E-state index in [4.69, 9.17) is 4.74 Å². The lowest BCUT2D eigenvalue weighted by molar-refractivity contribution is -0.136. The first kappa shape index (κ1) is 28.8. The zero-order chi connectivity index (χ0) is 24.6. The highest BCUT2D eigenvalue weighted by atomic mass is 16.5. The molecule has 0 bridgehead atoms. The predicted octanol–water partition coefficient (Wildman–Crippen LogP) is 8.04. The molecule has 0 saturated carbocycles. The summed E-state index contributed by atoms with van der Waals surface area (Å²) >= 11 is 0. The van der Waals surface area contributed by atoms with Crippen LogP contribution in [0.2, 0.25) is 0 Å². The first-order valence-corrected chi connectivity index (χ1v) is 12.7. The van der Waals surface area contributed by atoms with Gasteiger partial charge >= 0.3 is 5.97 Å². The van der Waals surface area contributed by atoms with E-state index in [-0.39, 0.29) is 18.1 Å². The number of ether oxygens (including phenoxy) is 1. The molecule has 4 nitrogen and oxygen atoms in total. The molecule has 2 N–H and O–H groups in total. The van der Waals surface area contributed by atoms with Crippen LogP contribution < -0.4 is 0 Å². The Bertz CT molecular complexity index is 748. The first-order valence-electron chi connectivity index (χ1n) is 12.7. The number of allylic oxidation sites excluding steroid dienone is 1. The molecule has 0 aliphatic rings. The van der Waals surface area contributed by atoms with Crippen molar-refractivity contribution in [3.63, 3.8) is 0 Å². The van der Waals surface area contributed by atoms with Gasteiger partial charge in [0.25, 0.3) is 0 Å². The number of hydrogen-bond acceptors (Lipinski definition) is 4. The zero-order valence-electron chi connectivity index (χ0n) is 21.5. The zero-order valence-corrected chi connectivity index (χ0v) is 21.5. The van der Waals surface area contributed by atoms with Crippen LogP contribution in [0.4, 0.5) is 0 Å². The minimum absolute atomic E-state index is 0.188. The van der Waals surface area contributed by atoms with Gasteiger partial charge in [-0.05, 0) is 67.4 Å². The van der Waals surface area contributed by atoms with Crippen LogP contribution in [0.1, 0.15) is 98.0 Å². The van der Waals surface area contributed by atoms with Crippen LogP contribution in [-0.2, 0) is 9.53 Å². The quantitative estimate of drug-likeness (QED) is 0.114. The van der Waals surface area contributed by atoms with E-state index in [1.54, 1.807) is 12.1 Å². The van der Waals surface area contributed by atoms with Crippen molar-refractivity contribution in [1.29, 1.82) is 0 Å². The third kappa shape index (κ3) is 14.5. The Morgan fingerprint density at radius 3 is 2.12 bits per heavy atom. The fourth-order valence-corrected chi connectivity index (χ4v) is 3.93. The standard InChI is InChI=1S/C29H46O4/c1-22(2)9-6-10-23(3)11-7-12-24(4)13-8-14-25(5)19-20-33-29(32)18-16-26-15-17-27(30)28(31)21-26/h15-19,21-24,30-31H,6-14,20H2,1-5H3. The smallest absolute Gasteiger partial charge is 0.331 e. The number of phenolic OH excluding ortho intramolecular Hbond substituents is 2. The van der Waals surface area contributed by atoms with Crippen molar-refractivity contribution in [3.8, 4) is 11.5 Å². The van der Waals surface area contributed by atoms with Crippen LogP contribution in [0.5, 0.6) is 11.5 Å². The van der Waals surface area contributed by atoms with Gasteiger partial charge in [0, 0.05) is 6.08 Å². The fourth-order valence-electron chi connectivity index (χ4n) is 3.93. The van der Waals surface area contributed by atoms with E-state index in [0.717, 1.165) is 24.2 Å². The third-order valence-corrected chi connectivity index (χ3v) is 6.21. The molecule has 0 heterocycles. The van der Waals surface area contributed by atoms with Gasteiger partial charge in [-0.3, -0.25) is 0 Å². The largest absolute Gasteiger partial charge is 0.504 e. The van der Waals surface area contributed by atoms with Gasteiger partial charge in [-0.25, -0.2) is 4.79 Å². The molecule has 0 saturated heterocycles. The molecule has 0 aliphatic heterocycles. The van der Waals surface area contributed by atoms with Crippen LogP contribution in [-0.4, -0.2) is 22.8 Å².